The molecule has 0 saturated carbocycles. The van der Waals surface area contributed by atoms with Gasteiger partial charge in [0, 0.05) is 43.9 Å². The number of fused-ring (bicyclic) bond motifs is 1. The van der Waals surface area contributed by atoms with Gasteiger partial charge in [-0.3, -0.25) is 5.10 Å². The Balaban J connectivity index is 1.87. The van der Waals surface area contributed by atoms with Gasteiger partial charge in [0.1, 0.15) is 0 Å². The smallest absolute Gasteiger partial charge is 0.155 e. The summed E-state index contributed by atoms with van der Waals surface area (Å²) in [4.78, 5) is 2.31. The summed E-state index contributed by atoms with van der Waals surface area (Å²) in [5, 5.41) is 11.0. The van der Waals surface area contributed by atoms with E-state index in [0.717, 1.165) is 51.6 Å². The van der Waals surface area contributed by atoms with Crippen LogP contribution in [0.25, 0.3) is 0 Å². The van der Waals surface area contributed by atoms with Crippen molar-refractivity contribution in [3.8, 4) is 0 Å². The summed E-state index contributed by atoms with van der Waals surface area (Å²) >= 11 is 0. The monoisotopic (exact) mass is 208 g/mol. The molecule has 2 N–H and O–H groups in total. The van der Waals surface area contributed by atoms with Crippen molar-refractivity contribution in [3.05, 3.63) is 11.3 Å². The van der Waals surface area contributed by atoms with Crippen LogP contribution in [0.4, 0.5) is 5.82 Å². The lowest BCUT2D eigenvalue weighted by Gasteiger charge is -2.28. The van der Waals surface area contributed by atoms with Crippen LogP contribution in [-0.4, -0.2) is 43.0 Å². The van der Waals surface area contributed by atoms with E-state index in [2.05, 4.69) is 20.4 Å². The van der Waals surface area contributed by atoms with Crippen molar-refractivity contribution in [3.63, 3.8) is 0 Å². The van der Waals surface area contributed by atoms with E-state index in [1.807, 2.05) is 0 Å². The number of aromatic nitrogens is 2. The predicted molar refractivity (Wildman–Crippen MR) is 57.0 cm³/mol. The van der Waals surface area contributed by atoms with E-state index >= 15 is 0 Å². The molecule has 15 heavy (non-hydrogen) atoms. The number of morpholine rings is 1. The molecule has 1 aromatic rings. The molecule has 0 amide bonds. The number of hydrogen-bond donors (Lipinski definition) is 2. The van der Waals surface area contributed by atoms with Crippen molar-refractivity contribution < 1.29 is 4.74 Å². The quantitative estimate of drug-likeness (QED) is 0.676. The second kappa shape index (κ2) is 3.83. The van der Waals surface area contributed by atoms with E-state index in [4.69, 9.17) is 4.74 Å². The minimum atomic E-state index is 0.815. The predicted octanol–water partition coefficient (Wildman–Crippen LogP) is -0.108. The summed E-state index contributed by atoms with van der Waals surface area (Å²) < 4.78 is 5.35. The first-order valence-corrected chi connectivity index (χ1v) is 5.54. The Kier molecular flexibility index (Phi) is 2.34. The molecule has 0 bridgehead atoms. The van der Waals surface area contributed by atoms with Crippen LogP contribution in [0.1, 0.15) is 11.3 Å². The fraction of sp³-hybridized carbons (Fsp3) is 0.700. The second-order valence-corrected chi connectivity index (χ2v) is 4.03. The highest BCUT2D eigenvalue weighted by Crippen LogP contribution is 2.23. The van der Waals surface area contributed by atoms with Gasteiger partial charge in [0.15, 0.2) is 5.82 Å². The molecular weight excluding hydrogens is 192 g/mol. The summed E-state index contributed by atoms with van der Waals surface area (Å²) in [6.45, 7) is 5.54. The Bertz CT molecular complexity index is 343. The molecular formula is C10H16N4O. The van der Waals surface area contributed by atoms with Crippen molar-refractivity contribution in [1.29, 1.82) is 0 Å². The van der Waals surface area contributed by atoms with Crippen LogP contribution >= 0.6 is 0 Å². The van der Waals surface area contributed by atoms with Crippen molar-refractivity contribution in [2.45, 2.75) is 13.0 Å². The minimum absolute atomic E-state index is 0.815. The third kappa shape index (κ3) is 1.61. The maximum Gasteiger partial charge on any atom is 0.155 e. The zero-order chi connectivity index (χ0) is 10.1. The number of aromatic amines is 1. The van der Waals surface area contributed by atoms with Crippen LogP contribution in [0.2, 0.25) is 0 Å². The molecule has 0 radical (unpaired) electrons. The van der Waals surface area contributed by atoms with Gasteiger partial charge in [-0.05, 0) is 0 Å². The Morgan fingerprint density at radius 2 is 2.13 bits per heavy atom. The van der Waals surface area contributed by atoms with Crippen molar-refractivity contribution >= 4 is 5.82 Å². The maximum absolute atomic E-state index is 5.35. The molecule has 3 rings (SSSR count). The number of nitrogens with one attached hydrogen (secondary N) is 2. The van der Waals surface area contributed by atoms with Gasteiger partial charge < -0.3 is 15.0 Å². The topological polar surface area (TPSA) is 53.2 Å². The number of ether oxygens (including phenoxy) is 1. The Hall–Kier alpha value is -1.07. The highest BCUT2D eigenvalue weighted by molar-refractivity contribution is 5.50. The highest BCUT2D eigenvalue weighted by Gasteiger charge is 2.22. The van der Waals surface area contributed by atoms with Gasteiger partial charge in [-0.2, -0.15) is 5.10 Å². The zero-order valence-corrected chi connectivity index (χ0v) is 8.75. The molecule has 3 heterocycles. The molecule has 5 nitrogen and oxygen atoms in total. The molecule has 2 aliphatic rings. The molecule has 1 aromatic heterocycles. The Morgan fingerprint density at radius 1 is 1.27 bits per heavy atom. The lowest BCUT2D eigenvalue weighted by atomic mass is 10.1. The molecule has 0 atom stereocenters. The standard InChI is InChI=1S/C10H16N4O/c1-2-11-7-8-9(1)12-13-10(8)14-3-5-15-6-4-14/h11H,1-7H2,(H,12,13). The van der Waals surface area contributed by atoms with Gasteiger partial charge >= 0.3 is 0 Å². The number of rotatable bonds is 1. The van der Waals surface area contributed by atoms with Crippen LogP contribution in [0.3, 0.4) is 0 Å². The molecule has 1 saturated heterocycles. The molecule has 0 unspecified atom stereocenters. The molecule has 82 valence electrons. The van der Waals surface area contributed by atoms with Gasteiger partial charge in [0.05, 0.1) is 13.2 Å². The summed E-state index contributed by atoms with van der Waals surface area (Å²) in [7, 11) is 0. The average molecular weight is 208 g/mol. The number of nitrogens with zero attached hydrogens (tertiary/aromatic N) is 2. The number of hydrogen-bond acceptors (Lipinski definition) is 4. The SMILES string of the molecule is C1Cc2[nH]nc(N3CCOCC3)c2CN1. The normalized spacial score (nSPS) is 21.5. The van der Waals surface area contributed by atoms with Crippen molar-refractivity contribution in [2.24, 2.45) is 0 Å². The zero-order valence-electron chi connectivity index (χ0n) is 8.75. The Labute approximate surface area is 88.8 Å². The first-order chi connectivity index (χ1) is 7.45. The summed E-state index contributed by atoms with van der Waals surface area (Å²) in [6, 6.07) is 0. The van der Waals surface area contributed by atoms with E-state index < -0.39 is 0 Å². The maximum atomic E-state index is 5.35. The first kappa shape index (κ1) is 9.18. The van der Waals surface area contributed by atoms with Crippen molar-refractivity contribution in [1.82, 2.24) is 15.5 Å². The van der Waals surface area contributed by atoms with E-state index in [0.29, 0.717) is 0 Å². The largest absolute Gasteiger partial charge is 0.378 e. The number of anilines is 1. The van der Waals surface area contributed by atoms with Crippen LogP contribution in [0.5, 0.6) is 0 Å². The van der Waals surface area contributed by atoms with Gasteiger partial charge in [0.25, 0.3) is 0 Å². The van der Waals surface area contributed by atoms with Gasteiger partial charge in [-0.15, -0.1) is 0 Å². The van der Waals surface area contributed by atoms with Gasteiger partial charge in [-0.1, -0.05) is 0 Å². The summed E-state index contributed by atoms with van der Waals surface area (Å²) in [6.07, 6.45) is 1.06. The fourth-order valence-corrected chi connectivity index (χ4v) is 2.25. The Morgan fingerprint density at radius 3 is 3.00 bits per heavy atom. The molecule has 5 heteroatoms. The molecule has 2 aliphatic heterocycles. The first-order valence-electron chi connectivity index (χ1n) is 5.54. The second-order valence-electron chi connectivity index (χ2n) is 4.03. The van der Waals surface area contributed by atoms with Crippen LogP contribution in [0.15, 0.2) is 0 Å². The molecule has 0 aromatic carbocycles. The molecule has 1 fully saturated rings. The minimum Gasteiger partial charge on any atom is -0.378 e. The fourth-order valence-electron chi connectivity index (χ4n) is 2.25. The van der Waals surface area contributed by atoms with E-state index in [1.54, 1.807) is 0 Å². The molecule has 0 aliphatic carbocycles. The lowest BCUT2D eigenvalue weighted by molar-refractivity contribution is 0.122. The highest BCUT2D eigenvalue weighted by atomic mass is 16.5. The summed E-state index contributed by atoms with van der Waals surface area (Å²) in [5.74, 6) is 1.13. The van der Waals surface area contributed by atoms with Crippen LogP contribution < -0.4 is 10.2 Å². The van der Waals surface area contributed by atoms with Crippen LogP contribution in [0, 0.1) is 0 Å². The molecule has 0 spiro atoms. The lowest BCUT2D eigenvalue weighted by Crippen LogP contribution is -2.37. The number of H-pyrrole nitrogens is 1. The van der Waals surface area contributed by atoms with Crippen molar-refractivity contribution in [2.75, 3.05) is 37.7 Å². The van der Waals surface area contributed by atoms with E-state index in [-0.39, 0.29) is 0 Å². The van der Waals surface area contributed by atoms with E-state index in [1.165, 1.54) is 11.3 Å². The van der Waals surface area contributed by atoms with Gasteiger partial charge in [0.2, 0.25) is 0 Å². The third-order valence-corrected chi connectivity index (χ3v) is 3.10. The summed E-state index contributed by atoms with van der Waals surface area (Å²) in [5.41, 5.74) is 2.65. The van der Waals surface area contributed by atoms with Gasteiger partial charge in [-0.25, -0.2) is 0 Å². The van der Waals surface area contributed by atoms with E-state index in [9.17, 15) is 0 Å². The van der Waals surface area contributed by atoms with Crippen LogP contribution in [-0.2, 0) is 17.7 Å². The average Bonchev–Trinajstić information content (AvgIpc) is 2.74. The third-order valence-electron chi connectivity index (χ3n) is 3.10.